The number of esters is 3. The number of methoxy groups -OCH3 is 1. The van der Waals surface area contributed by atoms with Crippen molar-refractivity contribution >= 4 is 56.9 Å². The van der Waals surface area contributed by atoms with E-state index in [9.17, 15) is 19.2 Å². The minimum atomic E-state index is -0.819. The number of allylic oxidation sites excluding steroid dienone is 2. The highest BCUT2D eigenvalue weighted by Crippen LogP contribution is 2.41. The van der Waals surface area contributed by atoms with Gasteiger partial charge in [0.25, 0.3) is 0 Å². The minimum Gasteiger partial charge on any atom is -0.469 e. The van der Waals surface area contributed by atoms with Crippen LogP contribution >= 0.6 is 0 Å². The van der Waals surface area contributed by atoms with E-state index < -0.39 is 17.9 Å². The van der Waals surface area contributed by atoms with E-state index in [1.165, 1.54) is 7.11 Å². The highest BCUT2D eigenvalue weighted by Gasteiger charge is 2.35. The largest absolute Gasteiger partial charge is 0.469 e. The first-order valence-electron chi connectivity index (χ1n) is 14.8. The van der Waals surface area contributed by atoms with Gasteiger partial charge in [-0.05, 0) is 81.0 Å². The molecule has 6 heterocycles. The van der Waals surface area contributed by atoms with Crippen LogP contribution < -0.4 is 0 Å². The number of carbonyl (C=O) groups excluding carboxylic acids is 4. The smallest absolute Gasteiger partial charge is 0.350 e. The maximum atomic E-state index is 13.5. The summed E-state index contributed by atoms with van der Waals surface area (Å²) in [4.78, 5) is 68.3. The topological polar surface area (TPSA) is 144 Å². The highest BCUT2D eigenvalue weighted by molar-refractivity contribution is 6.19. The van der Waals surface area contributed by atoms with Crippen molar-refractivity contribution in [2.45, 2.75) is 72.6 Å². The second-order valence-corrected chi connectivity index (χ2v) is 11.7. The van der Waals surface area contributed by atoms with Crippen molar-refractivity contribution in [2.75, 3.05) is 7.11 Å². The molecule has 0 saturated heterocycles. The Morgan fingerprint density at radius 2 is 1.61 bits per heavy atom. The Morgan fingerprint density at radius 1 is 0.932 bits per heavy atom. The van der Waals surface area contributed by atoms with E-state index in [2.05, 4.69) is 23.8 Å². The lowest BCUT2D eigenvalue weighted by atomic mass is 9.89. The summed E-state index contributed by atoms with van der Waals surface area (Å²) >= 11 is 0. The fourth-order valence-corrected chi connectivity index (χ4v) is 6.73. The van der Waals surface area contributed by atoms with E-state index in [-0.39, 0.29) is 41.6 Å². The van der Waals surface area contributed by atoms with Crippen molar-refractivity contribution in [3.63, 3.8) is 0 Å². The molecule has 8 bridgehead atoms. The van der Waals surface area contributed by atoms with Crippen LogP contribution in [0.2, 0.25) is 0 Å². The van der Waals surface area contributed by atoms with E-state index in [0.29, 0.717) is 50.2 Å². The normalized spacial score (nSPS) is 17.6. The number of Topliss-reactive ketones (excluding diaryl/α,β-unsaturated/α-hetero) is 1. The fraction of sp³-hybridized carbons (Fsp3) is 0.353. The molecule has 3 aliphatic heterocycles. The van der Waals surface area contributed by atoms with Crippen molar-refractivity contribution in [2.24, 2.45) is 0 Å². The third-order valence-electron chi connectivity index (χ3n) is 9.21. The van der Waals surface area contributed by atoms with Gasteiger partial charge in [-0.1, -0.05) is 13.8 Å². The summed E-state index contributed by atoms with van der Waals surface area (Å²) in [7, 11) is 1.32. The summed E-state index contributed by atoms with van der Waals surface area (Å²) < 4.78 is 10.2. The van der Waals surface area contributed by atoms with Gasteiger partial charge in [0.2, 0.25) is 0 Å². The second kappa shape index (κ2) is 10.7. The van der Waals surface area contributed by atoms with Crippen LogP contribution in [-0.2, 0) is 14.3 Å². The molecule has 2 atom stereocenters. The number of aromatic amines is 2. The van der Waals surface area contributed by atoms with Gasteiger partial charge in [-0.15, -0.1) is 0 Å². The third kappa shape index (κ3) is 4.47. The quantitative estimate of drug-likeness (QED) is 0.190. The van der Waals surface area contributed by atoms with Crippen LogP contribution in [0.15, 0.2) is 18.2 Å². The van der Waals surface area contributed by atoms with Gasteiger partial charge < -0.3 is 19.4 Å². The zero-order chi connectivity index (χ0) is 31.6. The monoisotopic (exact) mass is 594 g/mol. The Hall–Kier alpha value is -4.86. The number of ketones is 1. The number of carbonyl (C=O) groups is 4. The maximum Gasteiger partial charge on any atom is 0.350 e. The average molecular weight is 595 g/mol. The zero-order valence-electron chi connectivity index (χ0n) is 25.9. The first-order chi connectivity index (χ1) is 20.9. The molecule has 0 unspecified atom stereocenters. The molecular formula is C34H34N4O6. The van der Waals surface area contributed by atoms with Gasteiger partial charge in [-0.3, -0.25) is 14.6 Å². The van der Waals surface area contributed by atoms with Gasteiger partial charge in [0.15, 0.2) is 5.78 Å². The van der Waals surface area contributed by atoms with Crippen LogP contribution in [0.3, 0.4) is 0 Å². The van der Waals surface area contributed by atoms with Crippen molar-refractivity contribution in [3.05, 3.63) is 68.8 Å². The summed E-state index contributed by atoms with van der Waals surface area (Å²) in [6.45, 7) is 11.3. The Kier molecular flexibility index (Phi) is 7.10. The second-order valence-electron chi connectivity index (χ2n) is 11.7. The fourth-order valence-electron chi connectivity index (χ4n) is 6.73. The molecule has 2 N–H and O–H groups in total. The van der Waals surface area contributed by atoms with E-state index >= 15 is 0 Å². The number of fused-ring (bicyclic) bond motifs is 8. The molecule has 0 fully saturated rings. The first-order valence-corrected chi connectivity index (χ1v) is 14.8. The highest BCUT2D eigenvalue weighted by atomic mass is 16.6. The molecule has 10 heteroatoms. The average Bonchev–Trinajstić information content (AvgIpc) is 3.65. The number of hydrogen-bond acceptors (Lipinski definition) is 8. The summed E-state index contributed by atoms with van der Waals surface area (Å²) in [6.07, 6.45) is 1.15. The molecule has 3 aliphatic rings. The van der Waals surface area contributed by atoms with Gasteiger partial charge in [-0.2, -0.15) is 0 Å². The zero-order valence-corrected chi connectivity index (χ0v) is 25.9. The Bertz CT molecular complexity index is 2010. The van der Waals surface area contributed by atoms with Crippen molar-refractivity contribution in [1.82, 2.24) is 19.9 Å². The number of ether oxygens (including phenoxy) is 2. The standard InChI is InChI=1S/C34H34N4O6/c1-8-19-14(2)21-13-26-28(18(6)39)16(4)23(36-26)11-22-15(3)20(9-10-27(40)43-7)31(37-22)30-32-29(33(41)44-34(30)42)17(5)24(38-32)12-25(19)35-21/h11-14,19,36,38H,8-10H2,1-7H3/t14-,19-/m1/s1. The summed E-state index contributed by atoms with van der Waals surface area (Å²) in [5.74, 6) is -1.85. The lowest BCUT2D eigenvalue weighted by Crippen LogP contribution is -2.20. The number of nitrogens with one attached hydrogen (secondary N) is 2. The minimum absolute atomic E-state index is 0.0660. The molecule has 0 saturated carbocycles. The number of cyclic esters (lactones) is 2. The van der Waals surface area contributed by atoms with Crippen LogP contribution in [0, 0.1) is 13.8 Å². The molecule has 0 spiro atoms. The van der Waals surface area contributed by atoms with Gasteiger partial charge in [-0.25, -0.2) is 14.6 Å². The predicted molar refractivity (Wildman–Crippen MR) is 165 cm³/mol. The molecule has 6 rings (SSSR count). The summed E-state index contributed by atoms with van der Waals surface area (Å²) in [5.41, 5.74) is 8.70. The number of rotatable bonds is 5. The first kappa shape index (κ1) is 29.2. The van der Waals surface area contributed by atoms with Crippen molar-refractivity contribution in [3.8, 4) is 0 Å². The van der Waals surface area contributed by atoms with Crippen LogP contribution in [0.5, 0.6) is 0 Å². The van der Waals surface area contributed by atoms with Gasteiger partial charge >= 0.3 is 17.9 Å². The lowest BCUT2D eigenvalue weighted by molar-refractivity contribution is -0.140. The van der Waals surface area contributed by atoms with Crippen LogP contribution in [-0.4, -0.2) is 50.7 Å². The molecular weight excluding hydrogens is 560 g/mol. The van der Waals surface area contributed by atoms with Crippen LogP contribution in [0.1, 0.15) is 124 Å². The molecule has 0 aliphatic carbocycles. The number of hydrogen-bond donors (Lipinski definition) is 2. The van der Waals surface area contributed by atoms with Crippen LogP contribution in [0.4, 0.5) is 0 Å². The Labute approximate surface area is 253 Å². The van der Waals surface area contributed by atoms with E-state index in [1.54, 1.807) is 6.92 Å². The van der Waals surface area contributed by atoms with Gasteiger partial charge in [0.1, 0.15) is 5.56 Å². The maximum absolute atomic E-state index is 13.5. The molecule has 3 aromatic heterocycles. The summed E-state index contributed by atoms with van der Waals surface area (Å²) in [5, 5.41) is 0. The molecule has 10 nitrogen and oxygen atoms in total. The number of nitrogens with zero attached hydrogens (tertiary/aromatic N) is 2. The third-order valence-corrected chi connectivity index (χ3v) is 9.21. The summed E-state index contributed by atoms with van der Waals surface area (Å²) in [6, 6.07) is 5.73. The molecule has 3 aromatic rings. The van der Waals surface area contributed by atoms with Crippen LogP contribution in [0.25, 0.3) is 33.2 Å². The van der Waals surface area contributed by atoms with E-state index in [0.717, 1.165) is 28.9 Å². The predicted octanol–water partition coefficient (Wildman–Crippen LogP) is 6.63. The van der Waals surface area contributed by atoms with E-state index in [1.807, 2.05) is 39.0 Å². The molecule has 226 valence electrons. The van der Waals surface area contributed by atoms with E-state index in [4.69, 9.17) is 19.4 Å². The lowest BCUT2D eigenvalue weighted by Gasteiger charge is -2.13. The Balaban J connectivity index is 1.81. The van der Waals surface area contributed by atoms with Gasteiger partial charge in [0.05, 0.1) is 35.1 Å². The number of aromatic nitrogens is 4. The van der Waals surface area contributed by atoms with Crippen molar-refractivity contribution < 1.29 is 28.7 Å². The Morgan fingerprint density at radius 3 is 2.30 bits per heavy atom. The molecule has 0 radical (unpaired) electrons. The SMILES string of the molecule is CC[C@H]1c2cc3[nH]c4c(c5nc(cc6[nH]c(cc(n2)[C@@H]1C)c(C(C)=O)c6C)C(C)=C5CCC(=O)OC)C(=O)OC(=O)c4c3C. The molecule has 0 aromatic carbocycles. The van der Waals surface area contributed by atoms with Crippen molar-refractivity contribution in [1.29, 1.82) is 0 Å². The number of H-pyrrole nitrogens is 2. The molecule has 44 heavy (non-hydrogen) atoms. The number of aryl methyl sites for hydroxylation is 2. The molecule has 0 amide bonds. The van der Waals surface area contributed by atoms with Gasteiger partial charge in [0, 0.05) is 46.2 Å².